The fourth-order valence-electron chi connectivity index (χ4n) is 15.5. The van der Waals surface area contributed by atoms with Gasteiger partial charge in [0, 0.05) is 70.1 Å². The zero-order chi connectivity index (χ0) is 58.5. The lowest BCUT2D eigenvalue weighted by atomic mass is 9.53. The highest BCUT2D eigenvalue weighted by Crippen LogP contribution is 2.61. The first-order valence-corrected chi connectivity index (χ1v) is 32.6. The molecule has 4 bridgehead atoms. The fourth-order valence-corrected chi connectivity index (χ4v) is 22.6. The number of H-pyrrole nitrogens is 1. The molecule has 16 heteroatoms. The van der Waals surface area contributed by atoms with Gasteiger partial charge in [0.2, 0.25) is 0 Å². The SMILES string of the molecule is CC(C)(C)OC(=O)N(Cc1ccccc1)C12CCC(C(NN)c3c(Cl)cnc4[nH]ccc34)(CC1)CC2.CC(C)[Si](C(C)C)(C(C)C)n1ccc2c(C(=O)C34CCC(N(Cc5ccccc5)C(=O)OC(C)(C)C)(CC3)CC4)c(Cl)cnc21. The topological polar surface area (TPSA) is 161 Å². The molecule has 0 saturated heterocycles. The molecule has 0 spiro atoms. The molecule has 1 atom stereocenters. The molecule has 2 aromatic carbocycles. The maximum absolute atomic E-state index is 14.7. The van der Waals surface area contributed by atoms with Crippen molar-refractivity contribution in [3.63, 3.8) is 0 Å². The van der Waals surface area contributed by atoms with Crippen molar-refractivity contribution in [2.75, 3.05) is 0 Å². The van der Waals surface area contributed by atoms with Crippen LogP contribution in [0.1, 0.15) is 193 Å². The predicted octanol–water partition coefficient (Wildman–Crippen LogP) is 16.7. The number of carbonyl (C=O) groups excluding carboxylic acids is 3. The van der Waals surface area contributed by atoms with Crippen molar-refractivity contribution in [1.82, 2.24) is 34.4 Å². The van der Waals surface area contributed by atoms with Crippen LogP contribution in [0, 0.1) is 10.8 Å². The molecule has 6 saturated carbocycles. The Hall–Kier alpha value is -5.25. The number of aromatic amines is 1. The summed E-state index contributed by atoms with van der Waals surface area (Å²) in [4.78, 5) is 58.5. The molecule has 6 aliphatic carbocycles. The summed E-state index contributed by atoms with van der Waals surface area (Å²) in [5.74, 6) is 6.37. The van der Waals surface area contributed by atoms with Crippen molar-refractivity contribution >= 4 is 71.5 Å². The third-order valence-corrected chi connectivity index (χ3v) is 26.8. The van der Waals surface area contributed by atoms with Crippen molar-refractivity contribution in [2.24, 2.45) is 16.7 Å². The highest BCUT2D eigenvalue weighted by atomic mass is 35.5. The number of rotatable bonds is 15. The van der Waals surface area contributed by atoms with Crippen LogP contribution in [0.25, 0.3) is 22.1 Å². The number of amides is 2. The van der Waals surface area contributed by atoms with E-state index in [2.05, 4.69) is 97.7 Å². The quantitative estimate of drug-likeness (QED) is 0.0393. The molecular formula is C65H88Cl2N8O5Si. The summed E-state index contributed by atoms with van der Waals surface area (Å²) in [6, 6.07) is 24.3. The van der Waals surface area contributed by atoms with Gasteiger partial charge in [-0.2, -0.15) is 0 Å². The Kier molecular flexibility index (Phi) is 17.2. The Morgan fingerprint density at radius 2 is 1.11 bits per heavy atom. The van der Waals surface area contributed by atoms with Gasteiger partial charge in [0.1, 0.15) is 22.5 Å². The van der Waals surface area contributed by atoms with Gasteiger partial charge in [-0.3, -0.25) is 25.9 Å². The van der Waals surface area contributed by atoms with Gasteiger partial charge in [0.25, 0.3) is 0 Å². The second-order valence-electron chi connectivity index (χ2n) is 27.1. The van der Waals surface area contributed by atoms with Crippen LogP contribution in [0.3, 0.4) is 0 Å². The Balaban J connectivity index is 0.000000200. The molecule has 81 heavy (non-hydrogen) atoms. The van der Waals surface area contributed by atoms with Gasteiger partial charge in [-0.05, 0) is 170 Å². The van der Waals surface area contributed by atoms with E-state index < -0.39 is 24.9 Å². The minimum absolute atomic E-state index is 0.0436. The van der Waals surface area contributed by atoms with Gasteiger partial charge >= 0.3 is 12.2 Å². The number of halogens is 2. The first kappa shape index (κ1) is 60.3. The monoisotopic (exact) mass is 1160 g/mol. The van der Waals surface area contributed by atoms with Gasteiger partial charge in [-0.25, -0.2) is 19.6 Å². The largest absolute Gasteiger partial charge is 0.444 e. The van der Waals surface area contributed by atoms with Crippen LogP contribution in [0.2, 0.25) is 26.7 Å². The lowest BCUT2D eigenvalue weighted by Crippen LogP contribution is -2.61. The average molecular weight is 1160 g/mol. The van der Waals surface area contributed by atoms with E-state index in [1.165, 1.54) is 0 Å². The maximum Gasteiger partial charge on any atom is 0.411 e. The van der Waals surface area contributed by atoms with Crippen molar-refractivity contribution in [2.45, 2.75) is 218 Å². The van der Waals surface area contributed by atoms with Crippen LogP contribution < -0.4 is 11.3 Å². The number of ketones is 1. The van der Waals surface area contributed by atoms with Crippen LogP contribution in [-0.4, -0.2) is 77.5 Å². The molecule has 1 unspecified atom stereocenters. The molecule has 4 N–H and O–H groups in total. The van der Waals surface area contributed by atoms with E-state index in [-0.39, 0.29) is 40.5 Å². The van der Waals surface area contributed by atoms with E-state index in [0.29, 0.717) is 45.3 Å². The van der Waals surface area contributed by atoms with Crippen molar-refractivity contribution in [3.05, 3.63) is 130 Å². The summed E-state index contributed by atoms with van der Waals surface area (Å²) < 4.78 is 14.3. The number of aromatic nitrogens is 4. The molecule has 6 aliphatic rings. The van der Waals surface area contributed by atoms with E-state index in [4.69, 9.17) is 43.5 Å². The summed E-state index contributed by atoms with van der Waals surface area (Å²) in [5, 5.41) is 2.94. The molecule has 13 nitrogen and oxygen atoms in total. The second-order valence-corrected chi connectivity index (χ2v) is 33.7. The number of Topliss-reactive ketones (excluding diaryl/α,β-unsaturated/α-hetero) is 1. The van der Waals surface area contributed by atoms with Gasteiger partial charge in [-0.1, -0.05) is 125 Å². The average Bonchev–Trinajstić information content (AvgIpc) is 4.26. The molecular weight excluding hydrogens is 1070 g/mol. The number of hydrogen-bond acceptors (Lipinski definition) is 9. The Bertz CT molecular complexity index is 3150. The first-order valence-electron chi connectivity index (χ1n) is 29.6. The number of fused-ring (bicyclic) bond motifs is 8. The normalized spacial score (nSPS) is 23.2. The molecule has 0 radical (unpaired) electrons. The van der Waals surface area contributed by atoms with Crippen molar-refractivity contribution in [1.29, 1.82) is 0 Å². The van der Waals surface area contributed by atoms with Crippen LogP contribution in [-0.2, 0) is 22.6 Å². The standard InChI is InChI=1S/C37H52ClN3O3Si.C28H36ClN5O2/c1-25(2)45(26(3)4,27(5)6)41-22-15-29-31(30(38)23-39-33(29)41)32(42)36-16-19-37(20-17-36,21-18-36)40(34(43)44-35(7,8)9)24-28-13-11-10-12-14-28;1-26(2,3)36-25(35)34(18-19-7-5-4-6-8-19)28-13-10-27(11-14-28,12-15-28)23(33-30)22-20-9-16-31-24(20)32-17-21(22)29/h10-15,22-23,25-27H,16-21,24H2,1-9H3;4-9,16-17,23,33H,10-15,18,30H2,1-3H3,(H,31,32). The lowest BCUT2D eigenvalue weighted by molar-refractivity contribution is -0.0785. The van der Waals surface area contributed by atoms with Gasteiger partial charge in [0.05, 0.1) is 16.1 Å². The highest BCUT2D eigenvalue weighted by molar-refractivity contribution is 6.82. The summed E-state index contributed by atoms with van der Waals surface area (Å²) in [7, 11) is -2.08. The van der Waals surface area contributed by atoms with E-state index in [0.717, 1.165) is 116 Å². The maximum atomic E-state index is 14.7. The number of nitrogens with two attached hydrogens (primary N) is 1. The summed E-state index contributed by atoms with van der Waals surface area (Å²) in [5.41, 5.74) is 7.91. The molecule has 4 aromatic heterocycles. The van der Waals surface area contributed by atoms with Gasteiger partial charge in [0.15, 0.2) is 14.0 Å². The zero-order valence-corrected chi connectivity index (χ0v) is 52.6. The number of nitrogens with zero attached hydrogens (tertiary/aromatic N) is 5. The Labute approximate surface area is 491 Å². The Morgan fingerprint density at radius 3 is 1.56 bits per heavy atom. The zero-order valence-electron chi connectivity index (χ0n) is 50.1. The fraction of sp³-hybridized carbons (Fsp3) is 0.554. The smallest absolute Gasteiger partial charge is 0.411 e. The van der Waals surface area contributed by atoms with Crippen LogP contribution in [0.5, 0.6) is 0 Å². The number of benzene rings is 2. The summed E-state index contributed by atoms with van der Waals surface area (Å²) in [6.07, 6.45) is 17.0. The lowest BCUT2D eigenvalue weighted by Gasteiger charge is -2.59. The third kappa shape index (κ3) is 11.5. The van der Waals surface area contributed by atoms with E-state index in [1.807, 2.05) is 100 Å². The number of hydrazine groups is 1. The first-order chi connectivity index (χ1) is 38.2. The van der Waals surface area contributed by atoms with Crippen molar-refractivity contribution in [3.8, 4) is 0 Å². The minimum Gasteiger partial charge on any atom is -0.444 e. The van der Waals surface area contributed by atoms with Crippen LogP contribution in [0.4, 0.5) is 9.59 Å². The van der Waals surface area contributed by atoms with E-state index >= 15 is 0 Å². The number of carbonyl (C=O) groups is 3. The number of ether oxygens (including phenoxy) is 2. The van der Waals surface area contributed by atoms with Gasteiger partial charge < -0.3 is 18.7 Å². The van der Waals surface area contributed by atoms with E-state index in [1.54, 1.807) is 12.4 Å². The second kappa shape index (κ2) is 23.1. The molecule has 6 aromatic rings. The number of pyridine rings is 2. The number of nitrogens with one attached hydrogen (secondary N) is 2. The van der Waals surface area contributed by atoms with Crippen LogP contribution >= 0.6 is 23.2 Å². The molecule has 12 rings (SSSR count). The predicted molar refractivity (Wildman–Crippen MR) is 329 cm³/mol. The van der Waals surface area contributed by atoms with E-state index in [9.17, 15) is 14.4 Å². The molecule has 4 heterocycles. The Morgan fingerprint density at radius 1 is 0.654 bits per heavy atom. The molecule has 436 valence electrons. The summed E-state index contributed by atoms with van der Waals surface area (Å²) in [6.45, 7) is 26.6. The highest BCUT2D eigenvalue weighted by Gasteiger charge is 2.58. The number of hydrogen-bond donors (Lipinski definition) is 3. The van der Waals surface area contributed by atoms with Crippen molar-refractivity contribution < 1.29 is 23.9 Å². The summed E-state index contributed by atoms with van der Waals surface area (Å²) >= 11 is 13.6. The molecule has 6 fully saturated rings. The van der Waals surface area contributed by atoms with Gasteiger partial charge in [-0.15, -0.1) is 0 Å². The third-order valence-electron chi connectivity index (χ3n) is 19.4. The minimum atomic E-state index is -2.08. The molecule has 2 amide bonds. The van der Waals surface area contributed by atoms with Crippen LogP contribution in [0.15, 0.2) is 97.6 Å². The molecule has 0 aliphatic heterocycles.